The van der Waals surface area contributed by atoms with E-state index < -0.39 is 0 Å². The molecular weight excluding hydrogens is 352 g/mol. The second-order valence-corrected chi connectivity index (χ2v) is 8.38. The number of halogens is 1. The largest absolute Gasteiger partial charge is 0.507 e. The van der Waals surface area contributed by atoms with E-state index in [0.29, 0.717) is 11.5 Å². The van der Waals surface area contributed by atoms with E-state index in [4.69, 9.17) is 0 Å². The number of phenolic OH excluding ortho intramolecular Hbond substituents is 2. The number of hydrogen-bond donors (Lipinski definition) is 2. The van der Waals surface area contributed by atoms with Gasteiger partial charge < -0.3 is 10.2 Å². The molecule has 1 aliphatic rings. The van der Waals surface area contributed by atoms with Gasteiger partial charge in [0.25, 0.3) is 0 Å². The number of hydrogen-bond acceptors (Lipinski definition) is 2. The molecule has 2 N–H and O–H groups in total. The van der Waals surface area contributed by atoms with E-state index >= 15 is 0 Å². The minimum atomic E-state index is 0.0563. The van der Waals surface area contributed by atoms with Crippen LogP contribution in [0.2, 0.25) is 0 Å². The molecule has 2 nitrogen and oxygen atoms in total. The van der Waals surface area contributed by atoms with Crippen molar-refractivity contribution in [2.45, 2.75) is 51.9 Å². The molecular formula is C20H23BrO2. The SMILES string of the molecule is CC(C)(C)c1cc2c(O)c(c1)CCc1cc(Br)cc(c1O)CC2. The molecule has 3 rings (SSSR count). The smallest absolute Gasteiger partial charge is 0.122 e. The quantitative estimate of drug-likeness (QED) is 0.677. The highest BCUT2D eigenvalue weighted by Gasteiger charge is 2.21. The Morgan fingerprint density at radius 1 is 0.739 bits per heavy atom. The first-order chi connectivity index (χ1) is 10.8. The summed E-state index contributed by atoms with van der Waals surface area (Å²) in [5, 5.41) is 21.1. The fourth-order valence-electron chi connectivity index (χ4n) is 3.21. The van der Waals surface area contributed by atoms with Crippen molar-refractivity contribution in [3.63, 3.8) is 0 Å². The molecule has 0 spiro atoms. The molecule has 0 fully saturated rings. The van der Waals surface area contributed by atoms with Gasteiger partial charge in [-0.15, -0.1) is 0 Å². The minimum Gasteiger partial charge on any atom is -0.507 e. The second kappa shape index (κ2) is 5.86. The molecule has 0 saturated carbocycles. The van der Waals surface area contributed by atoms with E-state index in [1.165, 1.54) is 5.56 Å². The standard InChI is InChI=1S/C20H23BrO2/c1-20(2,3)16-8-12-4-6-14-10-17(21)11-15(19(14)23)7-5-13(9-16)18(12)22/h8-11,22-23H,4-7H2,1-3H3. The Morgan fingerprint density at radius 3 is 1.43 bits per heavy atom. The Hall–Kier alpha value is -1.48. The second-order valence-electron chi connectivity index (χ2n) is 7.47. The van der Waals surface area contributed by atoms with Gasteiger partial charge in [-0.2, -0.15) is 0 Å². The van der Waals surface area contributed by atoms with Crippen LogP contribution in [0.25, 0.3) is 0 Å². The summed E-state index contributed by atoms with van der Waals surface area (Å²) in [6, 6.07) is 8.20. The van der Waals surface area contributed by atoms with Gasteiger partial charge in [0.1, 0.15) is 11.5 Å². The van der Waals surface area contributed by atoms with Crippen molar-refractivity contribution in [2.24, 2.45) is 0 Å². The van der Waals surface area contributed by atoms with E-state index in [1.54, 1.807) is 0 Å². The molecule has 0 heterocycles. The summed E-state index contributed by atoms with van der Waals surface area (Å²) in [4.78, 5) is 0. The molecule has 0 unspecified atom stereocenters. The van der Waals surface area contributed by atoms with Gasteiger partial charge in [0.2, 0.25) is 0 Å². The summed E-state index contributed by atoms with van der Waals surface area (Å²) >= 11 is 3.54. The summed E-state index contributed by atoms with van der Waals surface area (Å²) in [5.41, 5.74) is 5.16. The first-order valence-corrected chi connectivity index (χ1v) is 8.90. The van der Waals surface area contributed by atoms with Gasteiger partial charge >= 0.3 is 0 Å². The maximum atomic E-state index is 10.6. The average molecular weight is 375 g/mol. The van der Waals surface area contributed by atoms with Crippen LogP contribution >= 0.6 is 15.9 Å². The highest BCUT2D eigenvalue weighted by molar-refractivity contribution is 9.10. The maximum absolute atomic E-state index is 10.6. The average Bonchev–Trinajstić information content (AvgIpc) is 2.46. The number of aryl methyl sites for hydroxylation is 4. The van der Waals surface area contributed by atoms with Crippen molar-refractivity contribution >= 4 is 15.9 Å². The zero-order chi connectivity index (χ0) is 16.8. The van der Waals surface area contributed by atoms with Crippen molar-refractivity contribution in [3.8, 4) is 11.5 Å². The molecule has 0 aliphatic heterocycles. The van der Waals surface area contributed by atoms with E-state index in [0.717, 1.165) is 52.4 Å². The molecule has 3 heteroatoms. The molecule has 2 aromatic rings. The van der Waals surface area contributed by atoms with Crippen LogP contribution in [0.1, 0.15) is 48.6 Å². The number of fused-ring (bicyclic) bond motifs is 4. The molecule has 0 saturated heterocycles. The fourth-order valence-corrected chi connectivity index (χ4v) is 3.76. The van der Waals surface area contributed by atoms with Crippen LogP contribution in [0.3, 0.4) is 0 Å². The maximum Gasteiger partial charge on any atom is 0.122 e. The molecule has 23 heavy (non-hydrogen) atoms. The van der Waals surface area contributed by atoms with Gasteiger partial charge in [0.05, 0.1) is 0 Å². The third-order valence-electron chi connectivity index (χ3n) is 4.69. The summed E-state index contributed by atoms with van der Waals surface area (Å²) in [6.07, 6.45) is 2.90. The number of phenols is 2. The molecule has 0 atom stereocenters. The Morgan fingerprint density at radius 2 is 1.09 bits per heavy atom. The van der Waals surface area contributed by atoms with Crippen molar-refractivity contribution < 1.29 is 10.2 Å². The molecule has 0 amide bonds. The van der Waals surface area contributed by atoms with Gasteiger partial charge in [0.15, 0.2) is 0 Å². The van der Waals surface area contributed by atoms with Gasteiger partial charge in [-0.1, -0.05) is 48.8 Å². The lowest BCUT2D eigenvalue weighted by Gasteiger charge is -2.23. The molecule has 4 bridgehead atoms. The summed E-state index contributed by atoms with van der Waals surface area (Å²) in [5.74, 6) is 0.843. The Bertz CT molecular complexity index is 707. The predicted octanol–water partition coefficient (Wildman–Crippen LogP) is 5.04. The number of benzene rings is 2. The van der Waals surface area contributed by atoms with E-state index in [2.05, 4.69) is 48.8 Å². The van der Waals surface area contributed by atoms with Crippen LogP contribution in [-0.4, -0.2) is 10.2 Å². The highest BCUT2D eigenvalue weighted by Crippen LogP contribution is 2.36. The van der Waals surface area contributed by atoms with Crippen molar-refractivity contribution in [2.75, 3.05) is 0 Å². The van der Waals surface area contributed by atoms with Crippen LogP contribution in [-0.2, 0) is 31.1 Å². The number of aromatic hydroxyl groups is 2. The van der Waals surface area contributed by atoms with Crippen molar-refractivity contribution in [1.82, 2.24) is 0 Å². The van der Waals surface area contributed by atoms with Crippen LogP contribution < -0.4 is 0 Å². The number of rotatable bonds is 0. The topological polar surface area (TPSA) is 40.5 Å². The van der Waals surface area contributed by atoms with Crippen molar-refractivity contribution in [3.05, 3.63) is 56.6 Å². The third kappa shape index (κ3) is 3.25. The fraction of sp³-hybridized carbons (Fsp3) is 0.400. The summed E-state index contributed by atoms with van der Waals surface area (Å²) in [6.45, 7) is 6.60. The zero-order valence-corrected chi connectivity index (χ0v) is 15.5. The summed E-state index contributed by atoms with van der Waals surface area (Å²) < 4.78 is 1.00. The monoisotopic (exact) mass is 374 g/mol. The molecule has 0 radical (unpaired) electrons. The highest BCUT2D eigenvalue weighted by atomic mass is 79.9. The molecule has 0 aromatic heterocycles. The van der Waals surface area contributed by atoms with Crippen molar-refractivity contribution in [1.29, 1.82) is 0 Å². The van der Waals surface area contributed by atoms with Gasteiger partial charge in [-0.05, 0) is 71.0 Å². The lowest BCUT2D eigenvalue weighted by atomic mass is 9.82. The van der Waals surface area contributed by atoms with Gasteiger partial charge in [-0.3, -0.25) is 0 Å². The zero-order valence-electron chi connectivity index (χ0n) is 13.9. The van der Waals surface area contributed by atoms with E-state index in [1.807, 2.05) is 12.1 Å². The van der Waals surface area contributed by atoms with Crippen LogP contribution in [0.4, 0.5) is 0 Å². The Balaban J connectivity index is 2.10. The predicted molar refractivity (Wildman–Crippen MR) is 97.4 cm³/mol. The third-order valence-corrected chi connectivity index (χ3v) is 5.15. The van der Waals surface area contributed by atoms with E-state index in [9.17, 15) is 10.2 Å². The van der Waals surface area contributed by atoms with Crippen LogP contribution in [0.15, 0.2) is 28.7 Å². The Labute approximate surface area is 146 Å². The first-order valence-electron chi connectivity index (χ1n) is 8.11. The Kier molecular flexibility index (Phi) is 4.18. The van der Waals surface area contributed by atoms with E-state index in [-0.39, 0.29) is 5.41 Å². The molecule has 1 aliphatic carbocycles. The minimum absolute atomic E-state index is 0.0563. The molecule has 122 valence electrons. The lowest BCUT2D eigenvalue weighted by molar-refractivity contribution is 0.448. The normalized spacial score (nSPS) is 14.6. The van der Waals surface area contributed by atoms with Gasteiger partial charge in [0, 0.05) is 4.47 Å². The van der Waals surface area contributed by atoms with Gasteiger partial charge in [-0.25, -0.2) is 0 Å². The lowest BCUT2D eigenvalue weighted by Crippen LogP contribution is -2.13. The van der Waals surface area contributed by atoms with Crippen LogP contribution in [0.5, 0.6) is 11.5 Å². The first kappa shape index (κ1) is 16.4. The summed E-state index contributed by atoms with van der Waals surface area (Å²) in [7, 11) is 0. The molecule has 2 aromatic carbocycles. The van der Waals surface area contributed by atoms with Crippen LogP contribution in [0, 0.1) is 0 Å².